The topological polar surface area (TPSA) is 125 Å². The van der Waals surface area contributed by atoms with Crippen molar-refractivity contribution in [2.45, 2.75) is 38.0 Å². The van der Waals surface area contributed by atoms with Gasteiger partial charge in [0.2, 0.25) is 15.9 Å². The number of fused-ring (bicyclic) bond motifs is 1. The molecule has 0 saturated carbocycles. The van der Waals surface area contributed by atoms with Crippen molar-refractivity contribution in [3.8, 4) is 5.88 Å². The first-order valence-corrected chi connectivity index (χ1v) is 13.3. The number of amides is 1. The van der Waals surface area contributed by atoms with Crippen LogP contribution in [0.1, 0.15) is 34.5 Å². The number of nitrogens with one attached hydrogen (secondary N) is 1. The van der Waals surface area contributed by atoms with Crippen LogP contribution in [0.2, 0.25) is 0 Å². The molecule has 0 bridgehead atoms. The number of piperidine rings is 1. The summed E-state index contributed by atoms with van der Waals surface area (Å²) in [7, 11) is -3.20. The number of hydrogen-bond donors (Lipinski definition) is 2. The summed E-state index contributed by atoms with van der Waals surface area (Å²) in [5, 5.41) is 13.2. The average molecular weight is 490 g/mol. The largest absolute Gasteiger partial charge is 0.474 e. The molecule has 4 rings (SSSR count). The number of nitrogens with zero attached hydrogens (tertiary/aromatic N) is 4. The van der Waals surface area contributed by atoms with Crippen LogP contribution in [0, 0.1) is 0 Å². The van der Waals surface area contributed by atoms with Crippen molar-refractivity contribution in [1.29, 1.82) is 0 Å². The van der Waals surface area contributed by atoms with E-state index in [1.807, 2.05) is 12.1 Å². The van der Waals surface area contributed by atoms with Crippen LogP contribution in [-0.2, 0) is 23.0 Å². The second-order valence-electron chi connectivity index (χ2n) is 8.84. The second kappa shape index (κ2) is 10.8. The van der Waals surface area contributed by atoms with E-state index in [0.29, 0.717) is 32.5 Å². The van der Waals surface area contributed by atoms with Gasteiger partial charge in [-0.3, -0.25) is 9.69 Å². The van der Waals surface area contributed by atoms with Crippen LogP contribution in [0.5, 0.6) is 5.88 Å². The lowest BCUT2D eigenvalue weighted by atomic mass is 10.00. The Bertz CT molecular complexity index is 1100. The molecule has 2 aliphatic heterocycles. The van der Waals surface area contributed by atoms with Gasteiger partial charge in [0.25, 0.3) is 5.91 Å². The number of ether oxygens (including phenoxy) is 1. The van der Waals surface area contributed by atoms with Crippen LogP contribution in [0.4, 0.5) is 0 Å². The summed E-state index contributed by atoms with van der Waals surface area (Å²) >= 11 is 0. The fraction of sp³-hybridized carbons (Fsp3) is 0.522. The highest BCUT2D eigenvalue weighted by molar-refractivity contribution is 7.88. The highest BCUT2D eigenvalue weighted by Gasteiger charge is 2.26. The first kappa shape index (κ1) is 24.5. The smallest absolute Gasteiger partial charge is 0.270 e. The SMILES string of the molecule is CS(=O)(=O)N1CCC(Oc2cc(C(=O)NC[C@H](O)CN3CCc4ccccc4C3)ncn2)CC1. The number of sulfonamides is 1. The molecule has 2 N–H and O–H groups in total. The molecule has 0 spiro atoms. The molecule has 0 aliphatic carbocycles. The van der Waals surface area contributed by atoms with Crippen LogP contribution in [0.3, 0.4) is 0 Å². The van der Waals surface area contributed by atoms with Gasteiger partial charge in [0.05, 0.1) is 12.4 Å². The molecule has 1 fully saturated rings. The highest BCUT2D eigenvalue weighted by atomic mass is 32.2. The molecule has 10 nitrogen and oxygen atoms in total. The monoisotopic (exact) mass is 489 g/mol. The zero-order chi connectivity index (χ0) is 24.1. The average Bonchev–Trinajstić information content (AvgIpc) is 2.82. The van der Waals surface area contributed by atoms with Crippen molar-refractivity contribution >= 4 is 15.9 Å². The number of benzene rings is 1. The number of β-amino-alcohol motifs (C(OH)–C–C–N with tert-alkyl or cyclic N) is 1. The summed E-state index contributed by atoms with van der Waals surface area (Å²) in [4.78, 5) is 22.8. The molecule has 1 aromatic heterocycles. The summed E-state index contributed by atoms with van der Waals surface area (Å²) < 4.78 is 30.6. The Balaban J connectivity index is 1.23. The molecule has 2 aliphatic rings. The number of carbonyl (C=O) groups excluding carboxylic acids is 1. The van der Waals surface area contributed by atoms with E-state index in [2.05, 4.69) is 32.3 Å². The number of aliphatic hydroxyl groups is 1. The van der Waals surface area contributed by atoms with Gasteiger partial charge in [0, 0.05) is 45.3 Å². The van der Waals surface area contributed by atoms with Crippen LogP contribution >= 0.6 is 0 Å². The Labute approximate surface area is 200 Å². The maximum absolute atomic E-state index is 12.5. The molecule has 3 heterocycles. The van der Waals surface area contributed by atoms with E-state index in [9.17, 15) is 18.3 Å². The Kier molecular flexibility index (Phi) is 7.77. The molecule has 1 atom stereocenters. The van der Waals surface area contributed by atoms with Crippen LogP contribution in [0.25, 0.3) is 0 Å². The molecule has 184 valence electrons. The molecule has 34 heavy (non-hydrogen) atoms. The summed E-state index contributed by atoms with van der Waals surface area (Å²) in [5.41, 5.74) is 2.78. The van der Waals surface area contributed by atoms with Gasteiger partial charge in [-0.05, 0) is 30.4 Å². The molecule has 11 heteroatoms. The lowest BCUT2D eigenvalue weighted by molar-refractivity contribution is 0.0836. The van der Waals surface area contributed by atoms with E-state index >= 15 is 0 Å². The number of aromatic nitrogens is 2. The minimum atomic E-state index is -3.20. The van der Waals surface area contributed by atoms with Gasteiger partial charge in [0.1, 0.15) is 18.1 Å². The van der Waals surface area contributed by atoms with Gasteiger partial charge >= 0.3 is 0 Å². The van der Waals surface area contributed by atoms with Crippen molar-refractivity contribution in [2.24, 2.45) is 0 Å². The maximum atomic E-state index is 12.5. The number of carbonyl (C=O) groups is 1. The van der Waals surface area contributed by atoms with Gasteiger partial charge in [-0.2, -0.15) is 0 Å². The van der Waals surface area contributed by atoms with E-state index < -0.39 is 22.0 Å². The third-order valence-corrected chi connectivity index (χ3v) is 7.51. The normalized spacial score (nSPS) is 18.8. The Morgan fingerprint density at radius 2 is 1.94 bits per heavy atom. The van der Waals surface area contributed by atoms with Crippen LogP contribution < -0.4 is 10.1 Å². The van der Waals surface area contributed by atoms with Crippen molar-refractivity contribution in [1.82, 2.24) is 24.5 Å². The third-order valence-electron chi connectivity index (χ3n) is 6.21. The van der Waals surface area contributed by atoms with Gasteiger partial charge < -0.3 is 15.2 Å². The van der Waals surface area contributed by atoms with Crippen LogP contribution in [0.15, 0.2) is 36.7 Å². The van der Waals surface area contributed by atoms with Crippen molar-refractivity contribution in [3.05, 3.63) is 53.5 Å². The Morgan fingerprint density at radius 3 is 2.68 bits per heavy atom. The second-order valence-corrected chi connectivity index (χ2v) is 10.8. The standard InChI is InChI=1S/C23H31N5O5S/c1-34(31,32)28-10-7-20(8-11-28)33-22-12-21(25-16-26-22)23(30)24-13-19(29)15-27-9-6-17-4-2-3-5-18(17)14-27/h2-5,12,16,19-20,29H,6-11,13-15H2,1H3,(H,24,30)/t19-/m0/s1. The van der Waals surface area contributed by atoms with Crippen LogP contribution in [-0.4, -0.2) is 89.8 Å². The summed E-state index contributed by atoms with van der Waals surface area (Å²) in [5.74, 6) is -0.146. The van der Waals surface area contributed by atoms with E-state index in [1.54, 1.807) is 0 Å². The Morgan fingerprint density at radius 1 is 1.21 bits per heavy atom. The van der Waals surface area contributed by atoms with Crippen molar-refractivity contribution in [3.63, 3.8) is 0 Å². The number of rotatable bonds is 8. The highest BCUT2D eigenvalue weighted by Crippen LogP contribution is 2.20. The predicted octanol–water partition coefficient (Wildman–Crippen LogP) is 0.428. The van der Waals surface area contributed by atoms with E-state index in [0.717, 1.165) is 19.5 Å². The zero-order valence-corrected chi connectivity index (χ0v) is 20.1. The summed E-state index contributed by atoms with van der Waals surface area (Å²) in [6, 6.07) is 9.79. The maximum Gasteiger partial charge on any atom is 0.270 e. The summed E-state index contributed by atoms with van der Waals surface area (Å²) in [6.45, 7) is 3.03. The quantitative estimate of drug-likeness (QED) is 0.547. The van der Waals surface area contributed by atoms with Gasteiger partial charge in [-0.25, -0.2) is 22.7 Å². The van der Waals surface area contributed by atoms with Gasteiger partial charge in [-0.1, -0.05) is 24.3 Å². The molecule has 1 amide bonds. The fourth-order valence-corrected chi connectivity index (χ4v) is 5.23. The van der Waals surface area contributed by atoms with Crippen molar-refractivity contribution < 1.29 is 23.1 Å². The first-order valence-electron chi connectivity index (χ1n) is 11.5. The number of aliphatic hydroxyl groups excluding tert-OH is 1. The minimum absolute atomic E-state index is 0.112. The van der Waals surface area contributed by atoms with E-state index in [1.165, 1.54) is 34.1 Å². The first-order chi connectivity index (χ1) is 16.3. The molecular formula is C23H31N5O5S. The van der Waals surface area contributed by atoms with E-state index in [4.69, 9.17) is 4.74 Å². The molecule has 1 saturated heterocycles. The molecule has 1 aromatic carbocycles. The predicted molar refractivity (Wildman–Crippen MR) is 126 cm³/mol. The molecule has 0 unspecified atom stereocenters. The minimum Gasteiger partial charge on any atom is -0.474 e. The summed E-state index contributed by atoms with van der Waals surface area (Å²) in [6.07, 6.45) is 3.62. The zero-order valence-electron chi connectivity index (χ0n) is 19.3. The van der Waals surface area contributed by atoms with E-state index in [-0.39, 0.29) is 24.2 Å². The van der Waals surface area contributed by atoms with Gasteiger partial charge in [0.15, 0.2) is 0 Å². The van der Waals surface area contributed by atoms with Crippen molar-refractivity contribution in [2.75, 3.05) is 39.0 Å². The lowest BCUT2D eigenvalue weighted by Crippen LogP contribution is -2.42. The lowest BCUT2D eigenvalue weighted by Gasteiger charge is -2.30. The molecule has 2 aromatic rings. The fourth-order valence-electron chi connectivity index (χ4n) is 4.35. The molecular weight excluding hydrogens is 458 g/mol. The van der Waals surface area contributed by atoms with Gasteiger partial charge in [-0.15, -0.1) is 0 Å². The third kappa shape index (κ3) is 6.50. The Hall–Kier alpha value is -2.60. The molecule has 0 radical (unpaired) electrons. The number of hydrogen-bond acceptors (Lipinski definition) is 8.